The van der Waals surface area contributed by atoms with Crippen LogP contribution in [-0.4, -0.2) is 22.4 Å². The van der Waals surface area contributed by atoms with Crippen molar-refractivity contribution in [1.29, 1.82) is 0 Å². The van der Waals surface area contributed by atoms with E-state index in [-0.39, 0.29) is 0 Å². The summed E-state index contributed by atoms with van der Waals surface area (Å²) in [5.74, 6) is -0.517. The normalized spacial score (nSPS) is 21.4. The van der Waals surface area contributed by atoms with Crippen LogP contribution in [0.25, 0.3) is 0 Å². The fraction of sp³-hybridized carbons (Fsp3) is 0.600. The topological polar surface area (TPSA) is 44.1 Å². The van der Waals surface area contributed by atoms with Gasteiger partial charge in [-0.2, -0.15) is 18.3 Å². The van der Waals surface area contributed by atoms with Crippen LogP contribution in [0.4, 0.5) is 13.2 Å². The summed E-state index contributed by atoms with van der Waals surface area (Å²) in [5.41, 5.74) is -0.672. The average molecular weight is 248 g/mol. The van der Waals surface area contributed by atoms with Crippen molar-refractivity contribution in [2.75, 3.05) is 6.61 Å². The summed E-state index contributed by atoms with van der Waals surface area (Å²) in [6.45, 7) is 1.81. The second kappa shape index (κ2) is 4.05. The molecule has 17 heavy (non-hydrogen) atoms. The summed E-state index contributed by atoms with van der Waals surface area (Å²) < 4.78 is 43.3. The molecule has 94 valence electrons. The minimum atomic E-state index is -4.49. The van der Waals surface area contributed by atoms with E-state index in [1.54, 1.807) is 0 Å². The van der Waals surface area contributed by atoms with Crippen LogP contribution in [-0.2, 0) is 15.7 Å². The maximum Gasteiger partial charge on any atom is 0.435 e. The van der Waals surface area contributed by atoms with Gasteiger partial charge in [-0.25, -0.2) is 4.79 Å². The molecule has 7 heteroatoms. The van der Waals surface area contributed by atoms with Crippen LogP contribution in [0.1, 0.15) is 30.3 Å². The predicted octanol–water partition coefficient (Wildman–Crippen LogP) is 2.09. The summed E-state index contributed by atoms with van der Waals surface area (Å²) in [5, 5.41) is 3.45. The molecule has 1 saturated heterocycles. The van der Waals surface area contributed by atoms with Gasteiger partial charge in [0.2, 0.25) is 0 Å². The number of carbonyl (C=O) groups is 1. The minimum Gasteiger partial charge on any atom is -0.464 e. The van der Waals surface area contributed by atoms with Crippen LogP contribution in [0.2, 0.25) is 0 Å². The molecule has 0 radical (unpaired) electrons. The second-order valence-electron chi connectivity index (χ2n) is 3.94. The number of hydrogen-bond acceptors (Lipinski definition) is 3. The van der Waals surface area contributed by atoms with E-state index in [9.17, 15) is 18.0 Å². The number of halogens is 3. The second-order valence-corrected chi connectivity index (χ2v) is 3.94. The van der Waals surface area contributed by atoms with Crippen molar-refractivity contribution in [1.82, 2.24) is 9.78 Å². The molecule has 1 aliphatic heterocycles. The first kappa shape index (κ1) is 11.9. The molecule has 1 aliphatic rings. The van der Waals surface area contributed by atoms with Crippen molar-refractivity contribution in [2.45, 2.75) is 32.0 Å². The third-order valence-electron chi connectivity index (χ3n) is 2.65. The molecule has 0 N–H and O–H groups in total. The molecule has 1 aromatic heterocycles. The van der Waals surface area contributed by atoms with Crippen molar-refractivity contribution in [3.63, 3.8) is 0 Å². The van der Waals surface area contributed by atoms with E-state index in [2.05, 4.69) is 5.10 Å². The zero-order valence-corrected chi connectivity index (χ0v) is 9.12. The van der Waals surface area contributed by atoms with Crippen LogP contribution < -0.4 is 0 Å². The third-order valence-corrected chi connectivity index (χ3v) is 2.65. The number of rotatable bonds is 1. The Morgan fingerprint density at radius 2 is 2.24 bits per heavy atom. The maximum absolute atomic E-state index is 12.5. The molecular formula is C10H11F3N2O2. The number of aryl methyl sites for hydroxylation is 1. The molecule has 1 unspecified atom stereocenters. The number of esters is 1. The van der Waals surface area contributed by atoms with E-state index in [0.717, 1.165) is 10.7 Å². The van der Waals surface area contributed by atoms with Gasteiger partial charge < -0.3 is 4.74 Å². The molecule has 0 spiro atoms. The largest absolute Gasteiger partial charge is 0.464 e. The zero-order chi connectivity index (χ0) is 12.6. The van der Waals surface area contributed by atoms with Crippen LogP contribution in [0.3, 0.4) is 0 Å². The van der Waals surface area contributed by atoms with E-state index in [4.69, 9.17) is 4.74 Å². The molecule has 2 heterocycles. The lowest BCUT2D eigenvalue weighted by atomic mass is 10.1. The van der Waals surface area contributed by atoms with Crippen LogP contribution >= 0.6 is 0 Å². The highest BCUT2D eigenvalue weighted by Crippen LogP contribution is 2.30. The first-order valence-electron chi connectivity index (χ1n) is 5.19. The number of hydrogen-bond donors (Lipinski definition) is 0. The molecule has 0 saturated carbocycles. The smallest absolute Gasteiger partial charge is 0.435 e. The highest BCUT2D eigenvalue weighted by Gasteiger charge is 2.36. The Balaban J connectivity index is 2.32. The third kappa shape index (κ3) is 2.27. The Bertz CT molecular complexity index is 439. The number of nitrogens with zero attached hydrogens (tertiary/aromatic N) is 2. The van der Waals surface area contributed by atoms with Crippen LogP contribution in [0.15, 0.2) is 6.07 Å². The van der Waals surface area contributed by atoms with E-state index in [1.165, 1.54) is 6.92 Å². The van der Waals surface area contributed by atoms with Gasteiger partial charge in [0.1, 0.15) is 6.04 Å². The number of carbonyl (C=O) groups excluding carboxylic acids is 1. The van der Waals surface area contributed by atoms with Gasteiger partial charge in [0.05, 0.1) is 6.61 Å². The molecule has 0 amide bonds. The van der Waals surface area contributed by atoms with E-state index >= 15 is 0 Å². The van der Waals surface area contributed by atoms with Crippen molar-refractivity contribution < 1.29 is 22.7 Å². The summed E-state index contributed by atoms with van der Waals surface area (Å²) in [4.78, 5) is 11.4. The van der Waals surface area contributed by atoms with Crippen molar-refractivity contribution in [2.24, 2.45) is 0 Å². The lowest BCUT2D eigenvalue weighted by molar-refractivity contribution is -0.153. The molecule has 1 fully saturated rings. The molecule has 1 atom stereocenters. The zero-order valence-electron chi connectivity index (χ0n) is 9.12. The minimum absolute atomic E-state index is 0.307. The van der Waals surface area contributed by atoms with Gasteiger partial charge >= 0.3 is 12.1 Å². The molecule has 0 bridgehead atoms. The van der Waals surface area contributed by atoms with E-state index in [1.807, 2.05) is 0 Å². The Labute approximate surface area is 95.4 Å². The molecule has 4 nitrogen and oxygen atoms in total. The van der Waals surface area contributed by atoms with Crippen molar-refractivity contribution in [3.8, 4) is 0 Å². The summed E-state index contributed by atoms with van der Waals surface area (Å²) in [6.07, 6.45) is -3.40. The molecule has 1 aromatic rings. The quantitative estimate of drug-likeness (QED) is 0.715. The number of cyclic esters (lactones) is 1. The number of ether oxygens (including phenoxy) is 1. The maximum atomic E-state index is 12.5. The molecule has 0 aromatic carbocycles. The number of aromatic nitrogens is 2. The Kier molecular flexibility index (Phi) is 2.84. The van der Waals surface area contributed by atoms with Gasteiger partial charge in [0.15, 0.2) is 5.69 Å². The Hall–Kier alpha value is -1.53. The molecule has 0 aliphatic carbocycles. The average Bonchev–Trinajstić information content (AvgIpc) is 2.61. The van der Waals surface area contributed by atoms with Crippen molar-refractivity contribution >= 4 is 5.97 Å². The standard InChI is InChI=1S/C10H11F3N2O2/c1-6-5-8(10(11,12)13)14-15(6)7-3-2-4-17-9(7)16/h5,7H,2-4H2,1H3. The van der Waals surface area contributed by atoms with Gasteiger partial charge in [-0.1, -0.05) is 0 Å². The summed E-state index contributed by atoms with van der Waals surface area (Å²) in [7, 11) is 0. The predicted molar refractivity (Wildman–Crippen MR) is 51.2 cm³/mol. The summed E-state index contributed by atoms with van der Waals surface area (Å²) in [6, 6.07) is 0.196. The molecule has 2 rings (SSSR count). The Morgan fingerprint density at radius 1 is 1.53 bits per heavy atom. The Morgan fingerprint density at radius 3 is 2.76 bits per heavy atom. The highest BCUT2D eigenvalue weighted by molar-refractivity contribution is 5.74. The van der Waals surface area contributed by atoms with Crippen LogP contribution in [0.5, 0.6) is 0 Å². The first-order chi connectivity index (χ1) is 7.89. The summed E-state index contributed by atoms with van der Waals surface area (Å²) >= 11 is 0. The lowest BCUT2D eigenvalue weighted by Gasteiger charge is -2.22. The van der Waals surface area contributed by atoms with E-state index < -0.39 is 23.9 Å². The van der Waals surface area contributed by atoms with Gasteiger partial charge in [-0.15, -0.1) is 0 Å². The lowest BCUT2D eigenvalue weighted by Crippen LogP contribution is -2.28. The monoisotopic (exact) mass is 248 g/mol. The van der Waals surface area contributed by atoms with Gasteiger partial charge in [-0.05, 0) is 25.8 Å². The molecular weight excluding hydrogens is 237 g/mol. The van der Waals surface area contributed by atoms with Crippen LogP contribution in [0, 0.1) is 6.92 Å². The van der Waals surface area contributed by atoms with Crippen molar-refractivity contribution in [3.05, 3.63) is 17.5 Å². The fourth-order valence-electron chi connectivity index (χ4n) is 1.83. The fourth-order valence-corrected chi connectivity index (χ4v) is 1.83. The highest BCUT2D eigenvalue weighted by atomic mass is 19.4. The number of alkyl halides is 3. The van der Waals surface area contributed by atoms with Gasteiger partial charge in [0.25, 0.3) is 0 Å². The SMILES string of the molecule is Cc1cc(C(F)(F)F)nn1C1CCCOC1=O. The van der Waals surface area contributed by atoms with Gasteiger partial charge in [-0.3, -0.25) is 4.68 Å². The van der Waals surface area contributed by atoms with Gasteiger partial charge in [0, 0.05) is 5.69 Å². The van der Waals surface area contributed by atoms with E-state index in [0.29, 0.717) is 25.1 Å². The first-order valence-corrected chi connectivity index (χ1v) is 5.19.